The van der Waals surface area contributed by atoms with Crippen LogP contribution in [0.25, 0.3) is 0 Å². The number of carbonyl (C=O) groups excluding carboxylic acids is 1. The van der Waals surface area contributed by atoms with E-state index in [1.807, 2.05) is 0 Å². The van der Waals surface area contributed by atoms with Crippen molar-refractivity contribution in [3.8, 4) is 0 Å². The summed E-state index contributed by atoms with van der Waals surface area (Å²) >= 11 is 0. The fourth-order valence-electron chi connectivity index (χ4n) is 2.42. The van der Waals surface area contributed by atoms with E-state index in [4.69, 9.17) is 15.2 Å². The zero-order chi connectivity index (χ0) is 14.4. The molecule has 5 heteroatoms. The second kappa shape index (κ2) is 7.14. The van der Waals surface area contributed by atoms with Gasteiger partial charge in [-0.2, -0.15) is 0 Å². The minimum absolute atomic E-state index is 0.366. The molecule has 0 bridgehead atoms. The molecule has 1 aliphatic rings. The SMILES string of the molecule is COC(=O)c1ccc(N)c(NCCOC2CCCC2)c1. The van der Waals surface area contributed by atoms with Crippen LogP contribution in [-0.4, -0.2) is 32.3 Å². The number of hydrogen-bond donors (Lipinski definition) is 2. The van der Waals surface area contributed by atoms with E-state index in [1.54, 1.807) is 18.2 Å². The van der Waals surface area contributed by atoms with Gasteiger partial charge in [-0.25, -0.2) is 4.79 Å². The molecule has 0 unspecified atom stereocenters. The summed E-state index contributed by atoms with van der Waals surface area (Å²) in [4.78, 5) is 11.5. The lowest BCUT2D eigenvalue weighted by Gasteiger charge is -2.13. The van der Waals surface area contributed by atoms with Gasteiger partial charge in [0.25, 0.3) is 0 Å². The summed E-state index contributed by atoms with van der Waals surface area (Å²) in [6, 6.07) is 5.06. The molecule has 0 spiro atoms. The Bertz CT molecular complexity index is 456. The van der Waals surface area contributed by atoms with E-state index >= 15 is 0 Å². The number of anilines is 2. The van der Waals surface area contributed by atoms with Gasteiger partial charge in [0.1, 0.15) is 0 Å². The van der Waals surface area contributed by atoms with Crippen molar-refractivity contribution in [3.05, 3.63) is 23.8 Å². The minimum Gasteiger partial charge on any atom is -0.465 e. The Balaban J connectivity index is 1.83. The van der Waals surface area contributed by atoms with Crippen LogP contribution in [0.3, 0.4) is 0 Å². The van der Waals surface area contributed by atoms with Crippen LogP contribution in [0.5, 0.6) is 0 Å². The van der Waals surface area contributed by atoms with Crippen molar-refractivity contribution in [3.63, 3.8) is 0 Å². The molecule has 2 rings (SSSR count). The Kier molecular flexibility index (Phi) is 5.24. The number of methoxy groups -OCH3 is 1. The first-order chi connectivity index (χ1) is 9.70. The second-order valence-electron chi connectivity index (χ2n) is 5.00. The third kappa shape index (κ3) is 3.87. The van der Waals surface area contributed by atoms with Gasteiger partial charge in [-0.15, -0.1) is 0 Å². The topological polar surface area (TPSA) is 73.6 Å². The minimum atomic E-state index is -0.366. The summed E-state index contributed by atoms with van der Waals surface area (Å²) in [5.41, 5.74) is 7.72. The van der Waals surface area contributed by atoms with Crippen LogP contribution in [0.2, 0.25) is 0 Å². The largest absolute Gasteiger partial charge is 0.465 e. The van der Waals surface area contributed by atoms with Crippen molar-refractivity contribution in [1.29, 1.82) is 0 Å². The van der Waals surface area contributed by atoms with Gasteiger partial charge in [0.15, 0.2) is 0 Å². The number of hydrogen-bond acceptors (Lipinski definition) is 5. The van der Waals surface area contributed by atoms with Crippen molar-refractivity contribution >= 4 is 17.3 Å². The van der Waals surface area contributed by atoms with Gasteiger partial charge in [-0.05, 0) is 31.0 Å². The van der Waals surface area contributed by atoms with Gasteiger partial charge in [-0.3, -0.25) is 0 Å². The normalized spacial score (nSPS) is 15.2. The second-order valence-corrected chi connectivity index (χ2v) is 5.00. The molecule has 0 amide bonds. The molecule has 1 saturated carbocycles. The Labute approximate surface area is 119 Å². The van der Waals surface area contributed by atoms with Gasteiger partial charge < -0.3 is 20.5 Å². The zero-order valence-corrected chi connectivity index (χ0v) is 11.9. The van der Waals surface area contributed by atoms with E-state index < -0.39 is 0 Å². The highest BCUT2D eigenvalue weighted by Gasteiger charge is 2.14. The summed E-state index contributed by atoms with van der Waals surface area (Å²) < 4.78 is 10.5. The molecule has 1 aromatic rings. The highest BCUT2D eigenvalue weighted by atomic mass is 16.5. The molecule has 110 valence electrons. The smallest absolute Gasteiger partial charge is 0.337 e. The Hall–Kier alpha value is -1.75. The molecular formula is C15H22N2O3. The number of rotatable bonds is 6. The number of benzene rings is 1. The van der Waals surface area contributed by atoms with Gasteiger partial charge in [-0.1, -0.05) is 12.8 Å². The fraction of sp³-hybridized carbons (Fsp3) is 0.533. The van der Waals surface area contributed by atoms with Crippen LogP contribution in [0, 0.1) is 0 Å². The molecular weight excluding hydrogens is 256 g/mol. The number of carbonyl (C=O) groups is 1. The van der Waals surface area contributed by atoms with Gasteiger partial charge in [0, 0.05) is 6.54 Å². The van der Waals surface area contributed by atoms with Crippen molar-refractivity contribution in [2.45, 2.75) is 31.8 Å². The maximum absolute atomic E-state index is 11.5. The lowest BCUT2D eigenvalue weighted by atomic mass is 10.1. The van der Waals surface area contributed by atoms with Gasteiger partial charge in [0.05, 0.1) is 36.8 Å². The van der Waals surface area contributed by atoms with Crippen LogP contribution in [-0.2, 0) is 9.47 Å². The quantitative estimate of drug-likeness (QED) is 0.475. The average molecular weight is 278 g/mol. The molecule has 0 heterocycles. The molecule has 0 saturated heterocycles. The Morgan fingerprint density at radius 3 is 2.85 bits per heavy atom. The van der Waals surface area contributed by atoms with Gasteiger partial charge >= 0.3 is 5.97 Å². The predicted octanol–water partition coefficient (Wildman–Crippen LogP) is 2.43. The molecule has 3 N–H and O–H groups in total. The molecule has 1 fully saturated rings. The number of nitrogens with one attached hydrogen (secondary N) is 1. The first-order valence-corrected chi connectivity index (χ1v) is 7.04. The lowest BCUT2D eigenvalue weighted by molar-refractivity contribution is 0.0601. The Morgan fingerprint density at radius 1 is 1.40 bits per heavy atom. The summed E-state index contributed by atoms with van der Waals surface area (Å²) in [5.74, 6) is -0.366. The molecule has 0 radical (unpaired) electrons. The van der Waals surface area contributed by atoms with Crippen LogP contribution in [0.15, 0.2) is 18.2 Å². The first kappa shape index (κ1) is 14.7. The molecule has 0 aromatic heterocycles. The third-order valence-corrected chi connectivity index (χ3v) is 3.55. The summed E-state index contributed by atoms with van der Waals surface area (Å²) in [5, 5.41) is 3.20. The third-order valence-electron chi connectivity index (χ3n) is 3.55. The van der Waals surface area contributed by atoms with Crippen LogP contribution >= 0.6 is 0 Å². The van der Waals surface area contributed by atoms with E-state index in [0.29, 0.717) is 30.5 Å². The molecule has 1 aromatic carbocycles. The highest BCUT2D eigenvalue weighted by molar-refractivity contribution is 5.91. The van der Waals surface area contributed by atoms with Crippen LogP contribution < -0.4 is 11.1 Å². The van der Waals surface area contributed by atoms with Crippen LogP contribution in [0.1, 0.15) is 36.0 Å². The van der Waals surface area contributed by atoms with E-state index in [0.717, 1.165) is 5.69 Å². The van der Waals surface area contributed by atoms with Gasteiger partial charge in [0.2, 0.25) is 0 Å². The average Bonchev–Trinajstić information content (AvgIpc) is 2.97. The summed E-state index contributed by atoms with van der Waals surface area (Å²) in [7, 11) is 1.36. The highest BCUT2D eigenvalue weighted by Crippen LogP contribution is 2.22. The number of ether oxygens (including phenoxy) is 2. The number of nitrogen functional groups attached to an aromatic ring is 1. The van der Waals surface area contributed by atoms with E-state index in [2.05, 4.69) is 5.32 Å². The predicted molar refractivity (Wildman–Crippen MR) is 78.9 cm³/mol. The lowest BCUT2D eigenvalue weighted by Crippen LogP contribution is -2.16. The maximum Gasteiger partial charge on any atom is 0.337 e. The van der Waals surface area contributed by atoms with Crippen molar-refractivity contribution in [2.24, 2.45) is 0 Å². The monoisotopic (exact) mass is 278 g/mol. The molecule has 20 heavy (non-hydrogen) atoms. The fourth-order valence-corrected chi connectivity index (χ4v) is 2.42. The summed E-state index contributed by atoms with van der Waals surface area (Å²) in [6.07, 6.45) is 5.29. The zero-order valence-electron chi connectivity index (χ0n) is 11.9. The summed E-state index contributed by atoms with van der Waals surface area (Å²) in [6.45, 7) is 1.32. The number of esters is 1. The van der Waals surface area contributed by atoms with Crippen molar-refractivity contribution in [1.82, 2.24) is 0 Å². The standard InChI is InChI=1S/C15H22N2O3/c1-19-15(18)11-6-7-13(16)14(10-11)17-8-9-20-12-4-2-3-5-12/h6-7,10,12,17H,2-5,8-9,16H2,1H3. The molecule has 1 aliphatic carbocycles. The molecule has 0 aliphatic heterocycles. The van der Waals surface area contributed by atoms with E-state index in [1.165, 1.54) is 32.8 Å². The Morgan fingerprint density at radius 2 is 2.15 bits per heavy atom. The maximum atomic E-state index is 11.5. The van der Waals surface area contributed by atoms with E-state index in [-0.39, 0.29) is 5.97 Å². The molecule has 5 nitrogen and oxygen atoms in total. The number of nitrogens with two attached hydrogens (primary N) is 1. The van der Waals surface area contributed by atoms with Crippen molar-refractivity contribution < 1.29 is 14.3 Å². The molecule has 0 atom stereocenters. The van der Waals surface area contributed by atoms with Crippen molar-refractivity contribution in [2.75, 3.05) is 31.3 Å². The van der Waals surface area contributed by atoms with Crippen LogP contribution in [0.4, 0.5) is 11.4 Å². The van der Waals surface area contributed by atoms with E-state index in [9.17, 15) is 4.79 Å². The first-order valence-electron chi connectivity index (χ1n) is 7.04.